The molecule has 0 aromatic heterocycles. The highest BCUT2D eigenvalue weighted by Crippen LogP contribution is 2.35. The van der Waals surface area contributed by atoms with Crippen molar-refractivity contribution in [1.82, 2.24) is 4.90 Å². The predicted octanol–water partition coefficient (Wildman–Crippen LogP) is 6.10. The molecule has 0 spiro atoms. The van der Waals surface area contributed by atoms with Crippen LogP contribution in [0.25, 0.3) is 6.08 Å². The fourth-order valence-corrected chi connectivity index (χ4v) is 4.80. The first-order valence-corrected chi connectivity index (χ1v) is 11.6. The average molecular weight is 538 g/mol. The fourth-order valence-electron chi connectivity index (χ4n) is 2.87. The summed E-state index contributed by atoms with van der Waals surface area (Å²) >= 11 is 3.64. The molecular weight excluding hydrogens is 514 g/mol. The molecule has 1 aliphatic heterocycles. The number of hydrogen-bond acceptors (Lipinski definition) is 4. The Morgan fingerprint density at radius 3 is 2.47 bits per heavy atom. The van der Waals surface area contributed by atoms with Crippen LogP contribution in [-0.4, -0.2) is 28.1 Å². The van der Waals surface area contributed by atoms with Crippen LogP contribution in [0.2, 0.25) is 0 Å². The normalized spacial score (nSPS) is 17.1. The van der Waals surface area contributed by atoms with Crippen LogP contribution in [0, 0.1) is 9.39 Å². The zero-order valence-corrected chi connectivity index (χ0v) is 20.3. The summed E-state index contributed by atoms with van der Waals surface area (Å²) in [6.45, 7) is 8.36. The molecule has 30 heavy (non-hydrogen) atoms. The highest BCUT2D eigenvalue weighted by molar-refractivity contribution is 14.1. The van der Waals surface area contributed by atoms with Crippen molar-refractivity contribution in [2.45, 2.75) is 46.4 Å². The molecule has 2 aromatic carbocycles. The van der Waals surface area contributed by atoms with Crippen molar-refractivity contribution in [3.8, 4) is 5.75 Å². The molecule has 0 atom stereocenters. The molecule has 7 heteroatoms. The molecule has 0 bridgehead atoms. The Labute approximate surface area is 194 Å². The van der Waals surface area contributed by atoms with E-state index >= 15 is 0 Å². The lowest BCUT2D eigenvalue weighted by atomic mass is 10.2. The maximum absolute atomic E-state index is 13.0. The molecule has 4 nitrogen and oxygen atoms in total. The maximum Gasteiger partial charge on any atom is 0.266 e. The first kappa shape index (κ1) is 22.8. The van der Waals surface area contributed by atoms with Gasteiger partial charge in [0.1, 0.15) is 18.2 Å². The molecule has 1 fully saturated rings. The van der Waals surface area contributed by atoms with E-state index in [4.69, 9.17) is 4.74 Å². The van der Waals surface area contributed by atoms with Crippen LogP contribution in [0.4, 0.5) is 4.39 Å². The molecule has 0 radical (unpaired) electrons. The summed E-state index contributed by atoms with van der Waals surface area (Å²) in [5.74, 6) is 0.474. The van der Waals surface area contributed by atoms with Gasteiger partial charge in [-0.1, -0.05) is 18.2 Å². The Balaban J connectivity index is 1.76. The van der Waals surface area contributed by atoms with E-state index in [2.05, 4.69) is 27.6 Å². The Morgan fingerprint density at radius 2 is 1.87 bits per heavy atom. The molecule has 1 heterocycles. The van der Waals surface area contributed by atoms with Gasteiger partial charge < -0.3 is 4.74 Å². The van der Waals surface area contributed by atoms with Crippen LogP contribution < -0.4 is 4.74 Å². The van der Waals surface area contributed by atoms with Crippen LogP contribution in [0.5, 0.6) is 5.75 Å². The largest absolute Gasteiger partial charge is 0.488 e. The number of aliphatic imine (C=N–C) groups is 1. The van der Waals surface area contributed by atoms with E-state index in [1.54, 1.807) is 17.0 Å². The molecule has 0 saturated carbocycles. The Morgan fingerprint density at radius 1 is 1.17 bits per heavy atom. The number of hydrogen-bond donors (Lipinski definition) is 0. The average Bonchev–Trinajstić information content (AvgIpc) is 2.96. The molecule has 158 valence electrons. The van der Waals surface area contributed by atoms with Crippen LogP contribution in [-0.2, 0) is 11.4 Å². The predicted molar refractivity (Wildman–Crippen MR) is 130 cm³/mol. The van der Waals surface area contributed by atoms with Gasteiger partial charge in [0.2, 0.25) is 0 Å². The monoisotopic (exact) mass is 538 g/mol. The van der Waals surface area contributed by atoms with Gasteiger partial charge in [-0.2, -0.15) is 0 Å². The van der Waals surface area contributed by atoms with E-state index in [1.807, 2.05) is 52.0 Å². The van der Waals surface area contributed by atoms with E-state index in [0.29, 0.717) is 11.5 Å². The minimum Gasteiger partial charge on any atom is -0.488 e. The second-order valence-electron chi connectivity index (χ2n) is 7.49. The first-order chi connectivity index (χ1) is 14.2. The number of rotatable bonds is 6. The Kier molecular flexibility index (Phi) is 7.57. The molecule has 3 rings (SSSR count). The zero-order chi connectivity index (χ0) is 21.8. The van der Waals surface area contributed by atoms with E-state index in [-0.39, 0.29) is 23.8 Å². The smallest absolute Gasteiger partial charge is 0.266 e. The third-order valence-electron chi connectivity index (χ3n) is 4.28. The lowest BCUT2D eigenvalue weighted by Crippen LogP contribution is -2.35. The van der Waals surface area contributed by atoms with Crippen LogP contribution >= 0.6 is 34.4 Å². The van der Waals surface area contributed by atoms with Gasteiger partial charge in [0.05, 0.1) is 8.48 Å². The van der Waals surface area contributed by atoms with Crippen LogP contribution in [0.3, 0.4) is 0 Å². The molecule has 0 N–H and O–H groups in total. The van der Waals surface area contributed by atoms with Crippen molar-refractivity contribution in [1.29, 1.82) is 0 Å². The molecule has 1 saturated heterocycles. The van der Waals surface area contributed by atoms with Gasteiger partial charge in [-0.3, -0.25) is 14.7 Å². The number of benzene rings is 2. The molecular formula is C23H24FIN2O2S. The van der Waals surface area contributed by atoms with Crippen molar-refractivity contribution < 1.29 is 13.9 Å². The van der Waals surface area contributed by atoms with Gasteiger partial charge in [-0.05, 0) is 104 Å². The van der Waals surface area contributed by atoms with Crippen molar-refractivity contribution in [2.75, 3.05) is 0 Å². The summed E-state index contributed by atoms with van der Waals surface area (Å²) in [6.07, 6.45) is 1.90. The maximum atomic E-state index is 13.0. The summed E-state index contributed by atoms with van der Waals surface area (Å²) in [5.41, 5.74) is 1.83. The minimum absolute atomic E-state index is 0.0129. The second kappa shape index (κ2) is 9.96. The van der Waals surface area contributed by atoms with Crippen molar-refractivity contribution in [3.63, 3.8) is 0 Å². The number of amides is 1. The van der Waals surface area contributed by atoms with E-state index in [9.17, 15) is 9.18 Å². The second-order valence-corrected chi connectivity index (χ2v) is 9.66. The van der Waals surface area contributed by atoms with Crippen molar-refractivity contribution in [3.05, 3.63) is 67.9 Å². The van der Waals surface area contributed by atoms with Gasteiger partial charge in [-0.15, -0.1) is 0 Å². The number of nitrogens with zero attached hydrogens (tertiary/aromatic N) is 2. The lowest BCUT2D eigenvalue weighted by molar-refractivity contribution is -0.123. The third-order valence-corrected chi connectivity index (χ3v) is 6.12. The number of halogens is 2. The lowest BCUT2D eigenvalue weighted by Gasteiger charge is -2.20. The van der Waals surface area contributed by atoms with Crippen molar-refractivity contribution in [2.24, 2.45) is 4.99 Å². The summed E-state index contributed by atoms with van der Waals surface area (Å²) in [6, 6.07) is 12.2. The highest BCUT2D eigenvalue weighted by atomic mass is 127. The number of carbonyl (C=O) groups excluding carboxylic acids is 1. The van der Waals surface area contributed by atoms with Crippen LogP contribution in [0.1, 0.15) is 38.8 Å². The van der Waals surface area contributed by atoms with Gasteiger partial charge in [0.25, 0.3) is 5.91 Å². The summed E-state index contributed by atoms with van der Waals surface area (Å²) in [7, 11) is 0. The van der Waals surface area contributed by atoms with Crippen LogP contribution in [0.15, 0.2) is 52.4 Å². The van der Waals surface area contributed by atoms with E-state index in [1.165, 1.54) is 23.9 Å². The number of amidine groups is 1. The molecule has 0 aliphatic carbocycles. The molecule has 0 unspecified atom stereocenters. The fraction of sp³-hybridized carbons (Fsp3) is 0.304. The summed E-state index contributed by atoms with van der Waals surface area (Å²) in [5, 5.41) is 0.755. The van der Waals surface area contributed by atoms with Gasteiger partial charge >= 0.3 is 0 Å². The minimum atomic E-state index is -0.261. The van der Waals surface area contributed by atoms with Gasteiger partial charge in [0, 0.05) is 12.1 Å². The highest BCUT2D eigenvalue weighted by Gasteiger charge is 2.35. The van der Waals surface area contributed by atoms with E-state index in [0.717, 1.165) is 25.6 Å². The molecule has 1 aliphatic rings. The first-order valence-electron chi connectivity index (χ1n) is 9.72. The van der Waals surface area contributed by atoms with E-state index < -0.39 is 0 Å². The third kappa shape index (κ3) is 5.63. The summed E-state index contributed by atoms with van der Waals surface area (Å²) in [4.78, 5) is 19.9. The number of carbonyl (C=O) groups is 1. The van der Waals surface area contributed by atoms with Gasteiger partial charge in [-0.25, -0.2) is 4.39 Å². The SMILES string of the molecule is CC(C)N=C1S/C(=C/c2ccc(OCc3ccc(F)cc3)c(I)c2)C(=O)N1C(C)C. The number of thioether (sulfide) groups is 1. The molecule has 1 amide bonds. The molecule has 2 aromatic rings. The quantitative estimate of drug-likeness (QED) is 0.330. The Bertz CT molecular complexity index is 987. The number of ether oxygens (including phenoxy) is 1. The zero-order valence-electron chi connectivity index (χ0n) is 17.4. The summed E-state index contributed by atoms with van der Waals surface area (Å²) < 4.78 is 19.8. The van der Waals surface area contributed by atoms with Gasteiger partial charge in [0.15, 0.2) is 5.17 Å². The topological polar surface area (TPSA) is 41.9 Å². The van der Waals surface area contributed by atoms with Crippen molar-refractivity contribution >= 4 is 51.5 Å². The standard InChI is InChI=1S/C23H24FIN2O2S/c1-14(2)26-23-27(15(3)4)22(28)21(30-23)12-17-7-10-20(19(25)11-17)29-13-16-5-8-18(24)9-6-16/h5-12,14-15H,13H2,1-4H3/b21-12+,26-23?. The Hall–Kier alpha value is -1.87.